The van der Waals surface area contributed by atoms with Crippen molar-refractivity contribution in [1.29, 1.82) is 0 Å². The molecule has 1 saturated carbocycles. The van der Waals surface area contributed by atoms with Gasteiger partial charge in [0.05, 0.1) is 5.60 Å². The zero-order chi connectivity index (χ0) is 12.1. The lowest BCUT2D eigenvalue weighted by atomic mass is 10.0. The Bertz CT molecular complexity index is 333. The fraction of sp³-hybridized carbons (Fsp3) is 0.643. The summed E-state index contributed by atoms with van der Waals surface area (Å²) in [6.45, 7) is 4.83. The Morgan fingerprint density at radius 3 is 2.53 bits per heavy atom. The molecule has 0 atom stereocenters. The minimum atomic E-state index is -0.441. The van der Waals surface area contributed by atoms with Crippen LogP contribution in [-0.4, -0.2) is 33.7 Å². The molecule has 0 unspecified atom stereocenters. The van der Waals surface area contributed by atoms with Crippen molar-refractivity contribution in [2.24, 2.45) is 0 Å². The Kier molecular flexibility index (Phi) is 4.13. The Morgan fingerprint density at radius 1 is 1.29 bits per heavy atom. The Morgan fingerprint density at radius 2 is 1.94 bits per heavy atom. The lowest BCUT2D eigenvalue weighted by molar-refractivity contribution is 0.00849. The van der Waals surface area contributed by atoms with E-state index in [-0.39, 0.29) is 0 Å². The molecule has 17 heavy (non-hydrogen) atoms. The molecule has 1 aromatic rings. The summed E-state index contributed by atoms with van der Waals surface area (Å²) < 4.78 is 0. The second-order valence-corrected chi connectivity index (χ2v) is 5.09. The Balaban J connectivity index is 1.93. The van der Waals surface area contributed by atoms with E-state index in [1.165, 1.54) is 18.4 Å². The zero-order valence-electron chi connectivity index (χ0n) is 10.6. The van der Waals surface area contributed by atoms with E-state index in [0.29, 0.717) is 0 Å². The van der Waals surface area contributed by atoms with Crippen LogP contribution in [-0.2, 0) is 6.54 Å². The van der Waals surface area contributed by atoms with Crippen LogP contribution in [0.2, 0.25) is 0 Å². The summed E-state index contributed by atoms with van der Waals surface area (Å²) in [5, 5.41) is 10.4. The van der Waals surface area contributed by atoms with Gasteiger partial charge in [0.1, 0.15) is 0 Å². The largest absolute Gasteiger partial charge is 0.389 e. The van der Waals surface area contributed by atoms with Crippen LogP contribution >= 0.6 is 0 Å². The molecule has 3 heteroatoms. The van der Waals surface area contributed by atoms with Crippen LogP contribution in [0, 0.1) is 0 Å². The van der Waals surface area contributed by atoms with Crippen molar-refractivity contribution in [3.8, 4) is 0 Å². The van der Waals surface area contributed by atoms with Crippen LogP contribution in [0.25, 0.3) is 0 Å². The fourth-order valence-electron chi connectivity index (χ4n) is 2.63. The summed E-state index contributed by atoms with van der Waals surface area (Å²) in [7, 11) is 0. The van der Waals surface area contributed by atoms with Gasteiger partial charge in [-0.1, -0.05) is 19.8 Å². The summed E-state index contributed by atoms with van der Waals surface area (Å²) in [4.78, 5) is 6.35. The summed E-state index contributed by atoms with van der Waals surface area (Å²) in [6, 6.07) is 4.09. The number of pyridine rings is 1. The van der Waals surface area contributed by atoms with Gasteiger partial charge in [0.2, 0.25) is 0 Å². The van der Waals surface area contributed by atoms with E-state index >= 15 is 0 Å². The topological polar surface area (TPSA) is 36.4 Å². The van der Waals surface area contributed by atoms with E-state index in [2.05, 4.69) is 16.8 Å². The lowest BCUT2D eigenvalue weighted by Gasteiger charge is -2.30. The predicted octanol–water partition coefficient (Wildman–Crippen LogP) is 2.21. The number of likely N-dealkylation sites (N-methyl/N-ethyl adjacent to an activating group) is 1. The highest BCUT2D eigenvalue weighted by Gasteiger charge is 2.32. The summed E-state index contributed by atoms with van der Waals surface area (Å²) in [6.07, 6.45) is 7.91. The van der Waals surface area contributed by atoms with Gasteiger partial charge in [-0.3, -0.25) is 9.88 Å². The van der Waals surface area contributed by atoms with Gasteiger partial charge in [-0.25, -0.2) is 0 Å². The molecule has 2 rings (SSSR count). The van der Waals surface area contributed by atoms with Gasteiger partial charge in [0.25, 0.3) is 0 Å². The smallest absolute Gasteiger partial charge is 0.0774 e. The maximum Gasteiger partial charge on any atom is 0.0774 e. The van der Waals surface area contributed by atoms with Crippen molar-refractivity contribution in [3.63, 3.8) is 0 Å². The number of aromatic nitrogens is 1. The fourth-order valence-corrected chi connectivity index (χ4v) is 2.63. The Hall–Kier alpha value is -0.930. The van der Waals surface area contributed by atoms with Crippen molar-refractivity contribution < 1.29 is 5.11 Å². The van der Waals surface area contributed by atoms with Gasteiger partial charge >= 0.3 is 0 Å². The first kappa shape index (κ1) is 12.5. The minimum Gasteiger partial charge on any atom is -0.389 e. The van der Waals surface area contributed by atoms with Crippen LogP contribution < -0.4 is 0 Å². The predicted molar refractivity (Wildman–Crippen MR) is 68.6 cm³/mol. The van der Waals surface area contributed by atoms with E-state index in [4.69, 9.17) is 0 Å². The maximum atomic E-state index is 10.4. The Labute approximate surface area is 103 Å². The first-order valence-corrected chi connectivity index (χ1v) is 6.55. The molecular weight excluding hydrogens is 212 g/mol. The van der Waals surface area contributed by atoms with E-state index in [9.17, 15) is 5.11 Å². The van der Waals surface area contributed by atoms with Gasteiger partial charge in [-0.05, 0) is 37.1 Å². The summed E-state index contributed by atoms with van der Waals surface area (Å²) in [5.41, 5.74) is 0.826. The number of nitrogens with zero attached hydrogens (tertiary/aromatic N) is 2. The normalized spacial score (nSPS) is 18.8. The maximum absolute atomic E-state index is 10.4. The SMILES string of the molecule is CCN(Cc1ccncc1)CC1(O)CCCC1. The first-order chi connectivity index (χ1) is 8.22. The average molecular weight is 234 g/mol. The quantitative estimate of drug-likeness (QED) is 0.848. The zero-order valence-corrected chi connectivity index (χ0v) is 10.6. The summed E-state index contributed by atoms with van der Waals surface area (Å²) >= 11 is 0. The van der Waals surface area contributed by atoms with Gasteiger partial charge in [-0.15, -0.1) is 0 Å². The molecule has 0 radical (unpaired) electrons. The molecule has 0 bridgehead atoms. The van der Waals surface area contributed by atoms with Crippen molar-refractivity contribution >= 4 is 0 Å². The van der Waals surface area contributed by atoms with Crippen molar-refractivity contribution in [2.45, 2.75) is 44.8 Å². The highest BCUT2D eigenvalue weighted by atomic mass is 16.3. The lowest BCUT2D eigenvalue weighted by Crippen LogP contribution is -2.40. The standard InChI is InChI=1S/C14H22N2O/c1-2-16(11-13-5-9-15-10-6-13)12-14(17)7-3-4-8-14/h5-6,9-10,17H,2-4,7-8,11-12H2,1H3. The number of aliphatic hydroxyl groups is 1. The van der Waals surface area contributed by atoms with E-state index in [0.717, 1.165) is 32.5 Å². The van der Waals surface area contributed by atoms with E-state index in [1.54, 1.807) is 0 Å². The third kappa shape index (κ3) is 3.51. The van der Waals surface area contributed by atoms with Crippen LogP contribution in [0.5, 0.6) is 0 Å². The van der Waals surface area contributed by atoms with Crippen molar-refractivity contribution in [1.82, 2.24) is 9.88 Å². The van der Waals surface area contributed by atoms with Crippen molar-refractivity contribution in [2.75, 3.05) is 13.1 Å². The molecule has 0 saturated heterocycles. The van der Waals surface area contributed by atoms with Crippen LogP contribution in [0.1, 0.15) is 38.2 Å². The van der Waals surface area contributed by atoms with Crippen molar-refractivity contribution in [3.05, 3.63) is 30.1 Å². The number of rotatable bonds is 5. The molecule has 94 valence electrons. The molecular formula is C14H22N2O. The van der Waals surface area contributed by atoms with Crippen LogP contribution in [0.3, 0.4) is 0 Å². The highest BCUT2D eigenvalue weighted by Crippen LogP contribution is 2.30. The van der Waals surface area contributed by atoms with Gasteiger partial charge in [0, 0.05) is 25.5 Å². The molecule has 1 aliphatic carbocycles. The van der Waals surface area contributed by atoms with Crippen LogP contribution in [0.15, 0.2) is 24.5 Å². The van der Waals surface area contributed by atoms with Gasteiger partial charge in [-0.2, -0.15) is 0 Å². The van der Waals surface area contributed by atoms with E-state index < -0.39 is 5.60 Å². The molecule has 0 amide bonds. The minimum absolute atomic E-state index is 0.441. The third-order valence-corrected chi connectivity index (χ3v) is 3.65. The third-order valence-electron chi connectivity index (χ3n) is 3.65. The molecule has 1 aliphatic rings. The van der Waals surface area contributed by atoms with Crippen LogP contribution in [0.4, 0.5) is 0 Å². The number of hydrogen-bond donors (Lipinski definition) is 1. The molecule has 0 spiro atoms. The molecule has 0 aliphatic heterocycles. The average Bonchev–Trinajstić information content (AvgIpc) is 2.76. The summed E-state index contributed by atoms with van der Waals surface area (Å²) in [5.74, 6) is 0. The van der Waals surface area contributed by atoms with E-state index in [1.807, 2.05) is 24.5 Å². The molecule has 1 N–H and O–H groups in total. The highest BCUT2D eigenvalue weighted by molar-refractivity contribution is 5.09. The van der Waals surface area contributed by atoms with Gasteiger partial charge < -0.3 is 5.11 Å². The first-order valence-electron chi connectivity index (χ1n) is 6.55. The number of hydrogen-bond acceptors (Lipinski definition) is 3. The molecule has 0 aromatic carbocycles. The van der Waals surface area contributed by atoms with Gasteiger partial charge in [0.15, 0.2) is 0 Å². The monoisotopic (exact) mass is 234 g/mol. The second kappa shape index (κ2) is 5.61. The molecule has 1 aromatic heterocycles. The second-order valence-electron chi connectivity index (χ2n) is 5.09. The molecule has 1 fully saturated rings. The molecule has 1 heterocycles. The molecule has 3 nitrogen and oxygen atoms in total.